The lowest BCUT2D eigenvalue weighted by molar-refractivity contribution is -0.140. The Morgan fingerprint density at radius 2 is 1.83 bits per heavy atom. The summed E-state index contributed by atoms with van der Waals surface area (Å²) in [6.45, 7) is 5.22. The molecule has 2 aliphatic rings. The van der Waals surface area contributed by atoms with Crippen molar-refractivity contribution < 1.29 is 22.3 Å². The lowest BCUT2D eigenvalue weighted by atomic mass is 9.93. The highest BCUT2D eigenvalue weighted by atomic mass is 19.4. The van der Waals surface area contributed by atoms with Crippen molar-refractivity contribution in [3.63, 3.8) is 0 Å². The molecule has 0 amide bonds. The molecule has 29 heavy (non-hydrogen) atoms. The molecule has 0 spiro atoms. The van der Waals surface area contributed by atoms with Crippen molar-refractivity contribution >= 4 is 5.95 Å². The van der Waals surface area contributed by atoms with E-state index in [1.807, 2.05) is 13.8 Å². The van der Waals surface area contributed by atoms with Crippen molar-refractivity contribution in [1.82, 2.24) is 14.8 Å². The normalized spacial score (nSPS) is 24.4. The van der Waals surface area contributed by atoms with Crippen LogP contribution in [0.3, 0.4) is 0 Å². The van der Waals surface area contributed by atoms with Crippen molar-refractivity contribution in [1.29, 1.82) is 0 Å². The maximum absolute atomic E-state index is 13.5. The summed E-state index contributed by atoms with van der Waals surface area (Å²) >= 11 is 0. The van der Waals surface area contributed by atoms with Gasteiger partial charge in [0, 0.05) is 19.1 Å². The highest BCUT2D eigenvalue weighted by Gasteiger charge is 2.41. The molecule has 1 saturated carbocycles. The van der Waals surface area contributed by atoms with Crippen LogP contribution < -0.4 is 15.4 Å². The van der Waals surface area contributed by atoms with Gasteiger partial charge in [-0.15, -0.1) is 5.10 Å². The van der Waals surface area contributed by atoms with Gasteiger partial charge in [-0.05, 0) is 56.7 Å². The third kappa shape index (κ3) is 3.77. The Morgan fingerprint density at radius 3 is 2.41 bits per heavy atom. The quantitative estimate of drug-likeness (QED) is 0.768. The fourth-order valence-electron chi connectivity index (χ4n) is 4.16. The fourth-order valence-corrected chi connectivity index (χ4v) is 4.16. The molecule has 1 aromatic carbocycles. The van der Waals surface area contributed by atoms with Gasteiger partial charge in [-0.25, -0.2) is 9.07 Å². The van der Waals surface area contributed by atoms with Crippen molar-refractivity contribution in [3.05, 3.63) is 29.6 Å². The Balaban J connectivity index is 1.61. The van der Waals surface area contributed by atoms with E-state index >= 15 is 0 Å². The maximum atomic E-state index is 13.5. The number of hydrogen-bond donors (Lipinski definition) is 1. The van der Waals surface area contributed by atoms with Crippen LogP contribution in [-0.2, 0) is 6.18 Å². The van der Waals surface area contributed by atoms with Crippen LogP contribution in [0.1, 0.15) is 38.3 Å². The SMILES string of the molecule is CC(C)n1nc(N2CC3CCC(C2)C3N)nc1Oc1ccc(F)c(C(F)(F)F)c1. The molecule has 2 bridgehead atoms. The van der Waals surface area contributed by atoms with Crippen LogP contribution in [0.2, 0.25) is 0 Å². The predicted molar refractivity (Wildman–Crippen MR) is 98.3 cm³/mol. The average Bonchev–Trinajstić information content (AvgIpc) is 3.12. The van der Waals surface area contributed by atoms with E-state index in [4.69, 9.17) is 10.5 Å². The van der Waals surface area contributed by atoms with E-state index in [-0.39, 0.29) is 23.8 Å². The standard InChI is InChI=1S/C19H23F4N5O/c1-10(2)28-18(29-13-5-6-15(20)14(7-13)19(21,22)23)25-17(26-28)27-8-11-3-4-12(9-27)16(11)24/h5-7,10-12,16H,3-4,8-9,24H2,1-2H3. The van der Waals surface area contributed by atoms with Gasteiger partial charge in [0.2, 0.25) is 5.95 Å². The number of rotatable bonds is 4. The van der Waals surface area contributed by atoms with Crippen LogP contribution in [-0.4, -0.2) is 33.9 Å². The predicted octanol–water partition coefficient (Wildman–Crippen LogP) is 3.98. The Hall–Kier alpha value is -2.36. The van der Waals surface area contributed by atoms with Gasteiger partial charge >= 0.3 is 12.2 Å². The molecule has 2 atom stereocenters. The molecule has 2 fully saturated rings. The molecule has 1 aliphatic carbocycles. The average molecular weight is 413 g/mol. The largest absolute Gasteiger partial charge is 0.424 e. The molecule has 2 N–H and O–H groups in total. The number of hydrogen-bond acceptors (Lipinski definition) is 5. The van der Waals surface area contributed by atoms with Crippen LogP contribution in [0.5, 0.6) is 11.8 Å². The molecule has 1 aliphatic heterocycles. The van der Waals surface area contributed by atoms with Gasteiger partial charge < -0.3 is 15.4 Å². The molecule has 1 saturated heterocycles. The summed E-state index contributed by atoms with van der Waals surface area (Å²) in [4.78, 5) is 6.48. The van der Waals surface area contributed by atoms with E-state index in [0.717, 1.165) is 38.1 Å². The van der Waals surface area contributed by atoms with Gasteiger partial charge in [-0.1, -0.05) is 0 Å². The van der Waals surface area contributed by atoms with Gasteiger partial charge in [-0.2, -0.15) is 18.2 Å². The molecule has 2 heterocycles. The maximum Gasteiger partial charge on any atom is 0.419 e. The Morgan fingerprint density at radius 1 is 1.17 bits per heavy atom. The van der Waals surface area contributed by atoms with Crippen molar-refractivity contribution in [3.8, 4) is 11.8 Å². The van der Waals surface area contributed by atoms with E-state index in [2.05, 4.69) is 15.0 Å². The molecule has 158 valence electrons. The van der Waals surface area contributed by atoms with Crippen LogP contribution in [0.25, 0.3) is 0 Å². The molecular weight excluding hydrogens is 390 g/mol. The fraction of sp³-hybridized carbons (Fsp3) is 0.579. The number of halogens is 4. The number of aromatic nitrogens is 3. The van der Waals surface area contributed by atoms with Gasteiger partial charge in [0.05, 0.1) is 11.6 Å². The third-order valence-electron chi connectivity index (χ3n) is 5.72. The van der Waals surface area contributed by atoms with Gasteiger partial charge in [0.1, 0.15) is 11.6 Å². The number of fused-ring (bicyclic) bond motifs is 2. The zero-order chi connectivity index (χ0) is 20.9. The number of benzene rings is 1. The first-order chi connectivity index (χ1) is 13.6. The highest BCUT2D eigenvalue weighted by molar-refractivity contribution is 5.37. The number of alkyl halides is 3. The second-order valence-electron chi connectivity index (χ2n) is 8.05. The zero-order valence-electron chi connectivity index (χ0n) is 16.2. The molecule has 10 heteroatoms. The summed E-state index contributed by atoms with van der Waals surface area (Å²) in [5, 5.41) is 4.51. The molecule has 4 rings (SSSR count). The van der Waals surface area contributed by atoms with Gasteiger partial charge in [0.25, 0.3) is 0 Å². The number of nitrogens with zero attached hydrogens (tertiary/aromatic N) is 4. The Bertz CT molecular complexity index is 883. The zero-order valence-corrected chi connectivity index (χ0v) is 16.2. The first kappa shape index (κ1) is 19.9. The van der Waals surface area contributed by atoms with Gasteiger partial charge in [0.15, 0.2) is 0 Å². The summed E-state index contributed by atoms with van der Waals surface area (Å²) in [5.41, 5.74) is 4.87. The van der Waals surface area contributed by atoms with Crippen molar-refractivity contribution in [2.75, 3.05) is 18.0 Å². The van der Waals surface area contributed by atoms with E-state index < -0.39 is 17.6 Å². The monoisotopic (exact) mass is 413 g/mol. The van der Waals surface area contributed by atoms with E-state index in [1.165, 1.54) is 4.68 Å². The van der Waals surface area contributed by atoms with E-state index in [1.54, 1.807) is 0 Å². The van der Waals surface area contributed by atoms with Gasteiger partial charge in [-0.3, -0.25) is 0 Å². The second-order valence-corrected chi connectivity index (χ2v) is 8.05. The minimum Gasteiger partial charge on any atom is -0.424 e. The summed E-state index contributed by atoms with van der Waals surface area (Å²) in [6.07, 6.45) is -2.66. The minimum atomic E-state index is -4.81. The van der Waals surface area contributed by atoms with Crippen LogP contribution in [0.15, 0.2) is 18.2 Å². The topological polar surface area (TPSA) is 69.2 Å². The van der Waals surface area contributed by atoms with Crippen LogP contribution >= 0.6 is 0 Å². The Kier molecular flexibility index (Phi) is 4.92. The number of piperidine rings is 1. The number of nitrogens with two attached hydrogens (primary N) is 1. The van der Waals surface area contributed by atoms with Crippen LogP contribution in [0.4, 0.5) is 23.5 Å². The molecule has 2 aromatic rings. The summed E-state index contributed by atoms with van der Waals surface area (Å²) in [7, 11) is 0. The summed E-state index contributed by atoms with van der Waals surface area (Å²) in [6, 6.07) is 2.64. The first-order valence-corrected chi connectivity index (χ1v) is 9.65. The second kappa shape index (κ2) is 7.16. The molecule has 2 unspecified atom stereocenters. The Labute approximate surface area is 165 Å². The molecule has 6 nitrogen and oxygen atoms in total. The number of anilines is 1. The highest BCUT2D eigenvalue weighted by Crippen LogP contribution is 2.38. The summed E-state index contributed by atoms with van der Waals surface area (Å²) in [5.74, 6) is -0.266. The smallest absolute Gasteiger partial charge is 0.419 e. The lowest BCUT2D eigenvalue weighted by Gasteiger charge is -2.35. The van der Waals surface area contributed by atoms with E-state index in [9.17, 15) is 17.6 Å². The first-order valence-electron chi connectivity index (χ1n) is 9.65. The molecule has 1 aromatic heterocycles. The lowest BCUT2D eigenvalue weighted by Crippen LogP contribution is -2.49. The van der Waals surface area contributed by atoms with Crippen LogP contribution in [0, 0.1) is 17.7 Å². The minimum absolute atomic E-state index is 0.0666. The van der Waals surface area contributed by atoms with E-state index in [0.29, 0.717) is 23.9 Å². The van der Waals surface area contributed by atoms with Crippen molar-refractivity contribution in [2.24, 2.45) is 17.6 Å². The number of ether oxygens (including phenoxy) is 1. The van der Waals surface area contributed by atoms with Crippen molar-refractivity contribution in [2.45, 2.75) is 44.9 Å². The third-order valence-corrected chi connectivity index (χ3v) is 5.72. The molecular formula is C19H23F4N5O. The molecule has 0 radical (unpaired) electrons. The summed E-state index contributed by atoms with van der Waals surface area (Å²) < 4.78 is 59.6.